The van der Waals surface area contributed by atoms with Crippen molar-refractivity contribution in [2.45, 2.75) is 31.0 Å². The Morgan fingerprint density at radius 1 is 1.08 bits per heavy atom. The van der Waals surface area contributed by atoms with E-state index >= 15 is 0 Å². The number of thiophene rings is 1. The first-order chi connectivity index (χ1) is 12.1. The van der Waals surface area contributed by atoms with Gasteiger partial charge in [-0.15, -0.1) is 21.5 Å². The van der Waals surface area contributed by atoms with E-state index in [0.29, 0.717) is 11.8 Å². The van der Waals surface area contributed by atoms with Gasteiger partial charge in [0.05, 0.1) is 20.7 Å². The summed E-state index contributed by atoms with van der Waals surface area (Å²) in [6, 6.07) is 12.4. The fourth-order valence-electron chi connectivity index (χ4n) is 2.72. The molecule has 0 aliphatic carbocycles. The summed E-state index contributed by atoms with van der Waals surface area (Å²) in [5.74, 6) is 1.20. The Labute approximate surface area is 154 Å². The number of fused-ring (bicyclic) bond motifs is 1. The number of pyridine rings is 1. The summed E-state index contributed by atoms with van der Waals surface area (Å²) in [5, 5.41) is 12.6. The van der Waals surface area contributed by atoms with Gasteiger partial charge < -0.3 is 4.42 Å². The van der Waals surface area contributed by atoms with Gasteiger partial charge in [0.1, 0.15) is 0 Å². The number of hydrogen-bond donors (Lipinski definition) is 0. The van der Waals surface area contributed by atoms with E-state index in [1.807, 2.05) is 17.5 Å². The number of aromatic nitrogens is 3. The van der Waals surface area contributed by atoms with Crippen LogP contribution in [0.3, 0.4) is 0 Å². The maximum Gasteiger partial charge on any atom is 0.257 e. The second kappa shape index (κ2) is 6.61. The molecule has 0 radical (unpaired) electrons. The number of aryl methyl sites for hydroxylation is 2. The zero-order valence-corrected chi connectivity index (χ0v) is 15.8. The molecular weight excluding hydrogens is 350 g/mol. The van der Waals surface area contributed by atoms with E-state index in [9.17, 15) is 0 Å². The first-order valence-corrected chi connectivity index (χ1v) is 9.78. The van der Waals surface area contributed by atoms with E-state index in [0.717, 1.165) is 15.4 Å². The molecule has 6 heteroatoms. The minimum absolute atomic E-state index is 0.0366. The van der Waals surface area contributed by atoms with Crippen LogP contribution in [0.15, 0.2) is 51.2 Å². The van der Waals surface area contributed by atoms with Crippen LogP contribution in [-0.2, 0) is 0 Å². The molecule has 25 heavy (non-hydrogen) atoms. The second-order valence-electron chi connectivity index (χ2n) is 5.93. The molecule has 3 aromatic heterocycles. The Hall–Kier alpha value is -2.18. The smallest absolute Gasteiger partial charge is 0.257 e. The second-order valence-corrected chi connectivity index (χ2v) is 8.24. The summed E-state index contributed by atoms with van der Waals surface area (Å²) in [6.07, 6.45) is 0. The van der Waals surface area contributed by atoms with Crippen molar-refractivity contribution in [3.8, 4) is 10.8 Å². The Balaban J connectivity index is 1.62. The molecule has 0 spiro atoms. The third kappa shape index (κ3) is 3.19. The molecule has 0 fully saturated rings. The van der Waals surface area contributed by atoms with Crippen LogP contribution < -0.4 is 0 Å². The van der Waals surface area contributed by atoms with Crippen LogP contribution in [-0.4, -0.2) is 15.2 Å². The molecule has 1 atom stereocenters. The van der Waals surface area contributed by atoms with Gasteiger partial charge in [0.25, 0.3) is 5.89 Å². The zero-order valence-electron chi connectivity index (χ0n) is 14.2. The largest absolute Gasteiger partial charge is 0.419 e. The number of thioether (sulfide) groups is 1. The van der Waals surface area contributed by atoms with E-state index in [1.54, 1.807) is 23.1 Å². The standard InChI is InChI=1S/C19H17N3OS2/c1-11-6-4-7-14-12(2)10-16(20-17(11)14)25-13(3)18-21-22-19(23-18)15-8-5-9-24-15/h4-10,13H,1-3H3/t13-/m0/s1. The molecule has 4 rings (SSSR count). The van der Waals surface area contributed by atoms with Crippen molar-refractivity contribution < 1.29 is 4.42 Å². The summed E-state index contributed by atoms with van der Waals surface area (Å²) in [5.41, 5.74) is 3.48. The molecule has 0 amide bonds. The number of nitrogens with zero attached hydrogens (tertiary/aromatic N) is 3. The lowest BCUT2D eigenvalue weighted by atomic mass is 10.1. The highest BCUT2D eigenvalue weighted by atomic mass is 32.2. The Kier molecular flexibility index (Phi) is 4.31. The van der Waals surface area contributed by atoms with E-state index in [-0.39, 0.29) is 5.25 Å². The Bertz CT molecular complexity index is 1020. The molecule has 126 valence electrons. The van der Waals surface area contributed by atoms with Gasteiger partial charge in [-0.1, -0.05) is 36.0 Å². The number of benzene rings is 1. The molecule has 0 N–H and O–H groups in total. The summed E-state index contributed by atoms with van der Waals surface area (Å²) in [6.45, 7) is 6.28. The molecule has 0 saturated carbocycles. The highest BCUT2D eigenvalue weighted by molar-refractivity contribution is 7.99. The van der Waals surface area contributed by atoms with Crippen molar-refractivity contribution in [2.24, 2.45) is 0 Å². The molecule has 4 nitrogen and oxygen atoms in total. The molecule has 1 aromatic carbocycles. The summed E-state index contributed by atoms with van der Waals surface area (Å²) >= 11 is 3.24. The first kappa shape index (κ1) is 16.3. The lowest BCUT2D eigenvalue weighted by molar-refractivity contribution is 0.510. The van der Waals surface area contributed by atoms with E-state index in [4.69, 9.17) is 9.40 Å². The minimum atomic E-state index is 0.0366. The average Bonchev–Trinajstić information content (AvgIpc) is 3.27. The minimum Gasteiger partial charge on any atom is -0.419 e. The van der Waals surface area contributed by atoms with Crippen molar-refractivity contribution in [1.29, 1.82) is 0 Å². The average molecular weight is 367 g/mol. The lowest BCUT2D eigenvalue weighted by Crippen LogP contribution is -1.93. The Morgan fingerprint density at radius 3 is 2.76 bits per heavy atom. The predicted octanol–water partition coefficient (Wildman–Crippen LogP) is 5.82. The van der Waals surface area contributed by atoms with Crippen LogP contribution in [0, 0.1) is 13.8 Å². The Morgan fingerprint density at radius 2 is 1.96 bits per heavy atom. The van der Waals surface area contributed by atoms with Gasteiger partial charge in [-0.05, 0) is 49.4 Å². The van der Waals surface area contributed by atoms with Crippen molar-refractivity contribution in [1.82, 2.24) is 15.2 Å². The van der Waals surface area contributed by atoms with Gasteiger partial charge in [-0.25, -0.2) is 4.98 Å². The topological polar surface area (TPSA) is 51.8 Å². The van der Waals surface area contributed by atoms with E-state index < -0.39 is 0 Å². The summed E-state index contributed by atoms with van der Waals surface area (Å²) in [4.78, 5) is 5.82. The maximum absolute atomic E-state index is 5.84. The summed E-state index contributed by atoms with van der Waals surface area (Å²) in [7, 11) is 0. The van der Waals surface area contributed by atoms with E-state index in [2.05, 4.69) is 55.2 Å². The predicted molar refractivity (Wildman–Crippen MR) is 103 cm³/mol. The molecule has 0 aliphatic rings. The first-order valence-electron chi connectivity index (χ1n) is 8.03. The quantitative estimate of drug-likeness (QED) is 0.426. The SMILES string of the molecule is Cc1cc(S[C@@H](C)c2nnc(-c3cccs3)o2)nc2c(C)cccc12. The van der Waals surface area contributed by atoms with Crippen molar-refractivity contribution in [3.05, 3.63) is 58.8 Å². The van der Waals surface area contributed by atoms with Crippen LogP contribution >= 0.6 is 23.1 Å². The van der Waals surface area contributed by atoms with Crippen molar-refractivity contribution in [3.63, 3.8) is 0 Å². The van der Waals surface area contributed by atoms with E-state index in [1.165, 1.54) is 16.5 Å². The van der Waals surface area contributed by atoms with Gasteiger partial charge in [-0.3, -0.25) is 0 Å². The maximum atomic E-state index is 5.84. The molecule has 0 saturated heterocycles. The molecule has 4 aromatic rings. The van der Waals surface area contributed by atoms with Crippen LogP contribution in [0.1, 0.15) is 29.2 Å². The molecule has 0 unspecified atom stereocenters. The fourth-order valence-corrected chi connectivity index (χ4v) is 4.31. The fraction of sp³-hybridized carbons (Fsp3) is 0.211. The summed E-state index contributed by atoms with van der Waals surface area (Å²) < 4.78 is 5.84. The van der Waals surface area contributed by atoms with Gasteiger partial charge in [0.2, 0.25) is 5.89 Å². The number of hydrogen-bond acceptors (Lipinski definition) is 6. The lowest BCUT2D eigenvalue weighted by Gasteiger charge is -2.10. The van der Waals surface area contributed by atoms with Crippen molar-refractivity contribution in [2.75, 3.05) is 0 Å². The highest BCUT2D eigenvalue weighted by Crippen LogP contribution is 2.36. The van der Waals surface area contributed by atoms with Crippen molar-refractivity contribution >= 4 is 34.0 Å². The van der Waals surface area contributed by atoms with Crippen LogP contribution in [0.2, 0.25) is 0 Å². The normalized spacial score (nSPS) is 12.6. The third-order valence-corrected chi connectivity index (χ3v) is 5.91. The highest BCUT2D eigenvalue weighted by Gasteiger charge is 2.18. The van der Waals surface area contributed by atoms with Gasteiger partial charge in [0.15, 0.2) is 0 Å². The monoisotopic (exact) mass is 367 g/mol. The molecule has 0 bridgehead atoms. The molecule has 0 aliphatic heterocycles. The van der Waals surface area contributed by atoms with Gasteiger partial charge in [0, 0.05) is 5.39 Å². The van der Waals surface area contributed by atoms with Gasteiger partial charge >= 0.3 is 0 Å². The van der Waals surface area contributed by atoms with Gasteiger partial charge in [-0.2, -0.15) is 0 Å². The molecule has 3 heterocycles. The van der Waals surface area contributed by atoms with Crippen LogP contribution in [0.5, 0.6) is 0 Å². The number of para-hydroxylation sites is 1. The zero-order chi connectivity index (χ0) is 17.4. The molecular formula is C19H17N3OS2. The number of rotatable bonds is 4. The van der Waals surface area contributed by atoms with Crippen LogP contribution in [0.25, 0.3) is 21.7 Å². The third-order valence-electron chi connectivity index (χ3n) is 4.04. The van der Waals surface area contributed by atoms with Crippen LogP contribution in [0.4, 0.5) is 0 Å².